The first-order valence-electron chi connectivity index (χ1n) is 9.05. The molecule has 9 heteroatoms. The van der Waals surface area contributed by atoms with E-state index in [1.165, 1.54) is 0 Å². The molecule has 2 aliphatic carbocycles. The molecule has 2 saturated carbocycles. The Bertz CT molecular complexity index is 594. The summed E-state index contributed by atoms with van der Waals surface area (Å²) in [6, 6.07) is -0.996. The summed E-state index contributed by atoms with van der Waals surface area (Å²) < 4.78 is 0. The zero-order valence-electron chi connectivity index (χ0n) is 13.9. The first-order chi connectivity index (χ1) is 12.0. The van der Waals surface area contributed by atoms with Gasteiger partial charge < -0.3 is 15.7 Å². The van der Waals surface area contributed by atoms with Crippen molar-refractivity contribution in [2.75, 3.05) is 0 Å². The van der Waals surface area contributed by atoms with Crippen LogP contribution in [0.3, 0.4) is 0 Å². The first-order valence-corrected chi connectivity index (χ1v) is 9.05. The fourth-order valence-electron chi connectivity index (χ4n) is 4.72. The molecule has 6 unspecified atom stereocenters. The Morgan fingerprint density at radius 3 is 2.32 bits per heavy atom. The lowest BCUT2D eigenvalue weighted by Crippen LogP contribution is -2.47. The van der Waals surface area contributed by atoms with Gasteiger partial charge in [-0.2, -0.15) is 0 Å². The van der Waals surface area contributed by atoms with Gasteiger partial charge in [0, 0.05) is 11.3 Å². The molecule has 2 aliphatic heterocycles. The van der Waals surface area contributed by atoms with Gasteiger partial charge in [0.05, 0.1) is 30.5 Å². The van der Waals surface area contributed by atoms with Crippen LogP contribution in [0.1, 0.15) is 44.9 Å². The Morgan fingerprint density at radius 2 is 1.68 bits per heavy atom. The molecule has 9 nitrogen and oxygen atoms in total. The average Bonchev–Trinajstić information content (AvgIpc) is 3.16. The van der Waals surface area contributed by atoms with Crippen LogP contribution in [0.25, 0.3) is 0 Å². The molecular formula is C16H23N5O4. The minimum atomic E-state index is -0.780. The monoisotopic (exact) mass is 349 g/mol. The molecule has 0 saturated heterocycles. The van der Waals surface area contributed by atoms with E-state index in [1.807, 2.05) is 0 Å². The predicted molar refractivity (Wildman–Crippen MR) is 90.5 cm³/mol. The molecule has 0 radical (unpaired) electrons. The first kappa shape index (κ1) is 16.3. The number of aliphatic carboxylic acids is 1. The van der Waals surface area contributed by atoms with Crippen molar-refractivity contribution < 1.29 is 14.8 Å². The number of carboxylic acid groups (broad SMARTS) is 1. The lowest BCUT2D eigenvalue weighted by Gasteiger charge is -2.29. The van der Waals surface area contributed by atoms with Gasteiger partial charge in [-0.05, 0) is 25.7 Å². The molecular weight excluding hydrogens is 326 g/mol. The van der Waals surface area contributed by atoms with E-state index in [1.54, 1.807) is 0 Å². The Morgan fingerprint density at radius 1 is 1.08 bits per heavy atom. The summed E-state index contributed by atoms with van der Waals surface area (Å²) in [5.41, 5.74) is 0. The molecule has 4 rings (SSSR count). The van der Waals surface area contributed by atoms with E-state index in [0.29, 0.717) is 19.3 Å². The lowest BCUT2D eigenvalue weighted by molar-refractivity contribution is -0.528. The van der Waals surface area contributed by atoms with Crippen molar-refractivity contribution in [2.45, 2.75) is 75.2 Å². The summed E-state index contributed by atoms with van der Waals surface area (Å²) in [5, 5.41) is 27.3. The highest BCUT2D eigenvalue weighted by molar-refractivity contribution is 6.04. The van der Waals surface area contributed by atoms with E-state index in [-0.39, 0.29) is 29.1 Å². The number of aliphatic imine (C=N–C) groups is 2. The van der Waals surface area contributed by atoms with Crippen molar-refractivity contribution in [1.29, 1.82) is 0 Å². The molecule has 4 aliphatic rings. The fraction of sp³-hybridized carbons (Fsp3) is 0.812. The zero-order valence-corrected chi connectivity index (χ0v) is 13.9. The molecule has 25 heavy (non-hydrogen) atoms. The van der Waals surface area contributed by atoms with Gasteiger partial charge in [0.15, 0.2) is 0 Å². The van der Waals surface area contributed by atoms with Crippen LogP contribution in [-0.2, 0) is 4.79 Å². The Balaban J connectivity index is 1.46. The van der Waals surface area contributed by atoms with Gasteiger partial charge >= 0.3 is 5.97 Å². The minimum absolute atomic E-state index is 0.0372. The van der Waals surface area contributed by atoms with Gasteiger partial charge in [0.25, 0.3) is 0 Å². The third-order valence-corrected chi connectivity index (χ3v) is 5.91. The lowest BCUT2D eigenvalue weighted by atomic mass is 9.82. The highest BCUT2D eigenvalue weighted by atomic mass is 16.6. The molecule has 2 fully saturated rings. The smallest absolute Gasteiger partial charge is 0.308 e. The van der Waals surface area contributed by atoms with Gasteiger partial charge in [-0.25, -0.2) is 0 Å². The van der Waals surface area contributed by atoms with E-state index in [4.69, 9.17) is 0 Å². The average molecular weight is 349 g/mol. The normalized spacial score (nSPS) is 39.4. The van der Waals surface area contributed by atoms with E-state index >= 15 is 0 Å². The van der Waals surface area contributed by atoms with Crippen LogP contribution in [0.2, 0.25) is 0 Å². The maximum atomic E-state index is 11.4. The zero-order chi connectivity index (χ0) is 17.6. The van der Waals surface area contributed by atoms with Gasteiger partial charge in [0.1, 0.15) is 17.7 Å². The second-order valence-electron chi connectivity index (χ2n) is 7.47. The van der Waals surface area contributed by atoms with Crippen molar-refractivity contribution in [3.8, 4) is 0 Å². The largest absolute Gasteiger partial charge is 0.481 e. The highest BCUT2D eigenvalue weighted by Gasteiger charge is 2.45. The Labute approximate surface area is 145 Å². The van der Waals surface area contributed by atoms with Crippen molar-refractivity contribution in [2.24, 2.45) is 15.9 Å². The summed E-state index contributed by atoms with van der Waals surface area (Å²) in [4.78, 5) is 31.6. The van der Waals surface area contributed by atoms with Crippen molar-refractivity contribution in [3.05, 3.63) is 10.1 Å². The number of rotatable bonds is 4. The fourth-order valence-corrected chi connectivity index (χ4v) is 4.72. The van der Waals surface area contributed by atoms with Crippen LogP contribution in [-0.4, -0.2) is 57.9 Å². The molecule has 0 aromatic carbocycles. The number of fused-ring (bicyclic) bond motifs is 2. The van der Waals surface area contributed by atoms with Crippen LogP contribution in [0.15, 0.2) is 9.98 Å². The van der Waals surface area contributed by atoms with Crippen LogP contribution < -0.4 is 10.6 Å². The molecule has 6 atom stereocenters. The number of nitro groups is 1. The topological polar surface area (TPSA) is 129 Å². The summed E-state index contributed by atoms with van der Waals surface area (Å²) >= 11 is 0. The molecule has 0 aromatic rings. The molecule has 136 valence electrons. The summed E-state index contributed by atoms with van der Waals surface area (Å²) in [6.07, 6.45) is 5.27. The van der Waals surface area contributed by atoms with Gasteiger partial charge in [-0.3, -0.25) is 24.9 Å². The number of hydrogen-bond donors (Lipinski definition) is 3. The van der Waals surface area contributed by atoms with Crippen LogP contribution in [0.4, 0.5) is 0 Å². The second-order valence-corrected chi connectivity index (χ2v) is 7.47. The number of carboxylic acids is 1. The molecule has 0 amide bonds. The summed E-state index contributed by atoms with van der Waals surface area (Å²) in [5.74, 6) is 0.285. The third kappa shape index (κ3) is 2.96. The van der Waals surface area contributed by atoms with Crippen LogP contribution >= 0.6 is 0 Å². The number of carbonyl (C=O) groups is 1. The quantitative estimate of drug-likeness (QED) is 0.502. The van der Waals surface area contributed by atoms with Gasteiger partial charge in [-0.1, -0.05) is 6.42 Å². The minimum Gasteiger partial charge on any atom is -0.481 e. The Kier molecular flexibility index (Phi) is 4.09. The van der Waals surface area contributed by atoms with E-state index < -0.39 is 17.9 Å². The Hall–Kier alpha value is -2.19. The van der Waals surface area contributed by atoms with Gasteiger partial charge in [0.2, 0.25) is 6.04 Å². The van der Waals surface area contributed by atoms with Crippen molar-refractivity contribution in [3.63, 3.8) is 0 Å². The third-order valence-electron chi connectivity index (χ3n) is 5.91. The molecule has 2 heterocycles. The molecule has 3 N–H and O–H groups in total. The van der Waals surface area contributed by atoms with E-state index in [2.05, 4.69) is 20.6 Å². The maximum absolute atomic E-state index is 11.4. The van der Waals surface area contributed by atoms with E-state index in [9.17, 15) is 20.0 Å². The predicted octanol–water partition coefficient (Wildman–Crippen LogP) is 0.568. The number of hydrogen-bond acceptors (Lipinski definition) is 7. The van der Waals surface area contributed by atoms with Gasteiger partial charge in [-0.15, -0.1) is 0 Å². The van der Waals surface area contributed by atoms with Crippen LogP contribution in [0, 0.1) is 16.0 Å². The van der Waals surface area contributed by atoms with Crippen LogP contribution in [0.5, 0.6) is 0 Å². The standard InChI is InChI=1S/C16H23N5O4/c22-16(23)8-3-1-4-9-14(8)19-12(17-9)7-13-18-10-5-2-6-11(21(24)25)15(10)20-13/h8-11,14-15H,1-7H2,(H,17,19)(H,18,20)(H,22,23). The molecule has 0 aromatic heterocycles. The molecule has 0 bridgehead atoms. The number of nitrogens with one attached hydrogen (secondary N) is 2. The van der Waals surface area contributed by atoms with Crippen molar-refractivity contribution in [1.82, 2.24) is 10.6 Å². The maximum Gasteiger partial charge on any atom is 0.308 e. The number of amidine groups is 2. The number of nitrogens with zero attached hydrogens (tertiary/aromatic N) is 3. The summed E-state index contributed by atoms with van der Waals surface area (Å²) in [6.45, 7) is 0. The van der Waals surface area contributed by atoms with Crippen molar-refractivity contribution >= 4 is 17.6 Å². The summed E-state index contributed by atoms with van der Waals surface area (Å²) in [7, 11) is 0. The SMILES string of the molecule is O=C(O)C1CCCC2NC(CC3=NC4C(CCCC4[N+](=O)[O-])N3)=NC21. The van der Waals surface area contributed by atoms with E-state index in [0.717, 1.165) is 37.4 Å². The second kappa shape index (κ2) is 6.27. The molecule has 0 spiro atoms. The highest BCUT2D eigenvalue weighted by Crippen LogP contribution is 2.32.